The Balaban J connectivity index is 1.48. The number of carbonyl (C=O) groups is 1. The Kier molecular flexibility index (Phi) is 7.30. The number of morpholine rings is 1. The minimum Gasteiger partial charge on any atom is -0.496 e. The van der Waals surface area contributed by atoms with Gasteiger partial charge in [-0.3, -0.25) is 9.48 Å². The molecule has 1 aliphatic heterocycles. The molecule has 1 aromatic heterocycles. The minimum atomic E-state index is -0.0247. The van der Waals surface area contributed by atoms with Crippen molar-refractivity contribution in [3.05, 3.63) is 81.1 Å². The van der Waals surface area contributed by atoms with Crippen LogP contribution in [0.3, 0.4) is 0 Å². The lowest BCUT2D eigenvalue weighted by atomic mass is 10.1. The number of ether oxygens (including phenoxy) is 2. The third kappa shape index (κ3) is 5.37. The number of nitrogens with zero attached hydrogens (tertiary/aromatic N) is 3. The largest absolute Gasteiger partial charge is 0.496 e. The third-order valence-corrected chi connectivity index (χ3v) is 7.02. The Bertz CT molecular complexity index is 1160. The first kappa shape index (κ1) is 23.3. The Morgan fingerprint density at radius 2 is 1.88 bits per heavy atom. The van der Waals surface area contributed by atoms with Crippen LogP contribution in [0.15, 0.2) is 53.0 Å². The zero-order chi connectivity index (χ0) is 23.4. The maximum Gasteiger partial charge on any atom is 0.185 e. The molecule has 0 saturated carbocycles. The quantitative estimate of drug-likeness (QED) is 0.329. The predicted octanol–water partition coefficient (Wildman–Crippen LogP) is 5.05. The molecule has 1 fully saturated rings. The lowest BCUT2D eigenvalue weighted by molar-refractivity contribution is 0.104. The van der Waals surface area contributed by atoms with E-state index in [2.05, 4.69) is 25.9 Å². The average Bonchev–Trinajstić information content (AvgIpc) is 3.09. The summed E-state index contributed by atoms with van der Waals surface area (Å²) in [6.45, 7) is 7.82. The summed E-state index contributed by atoms with van der Waals surface area (Å²) in [4.78, 5) is 15.0. The second kappa shape index (κ2) is 10.4. The molecule has 0 atom stereocenters. The number of anilines is 1. The topological polar surface area (TPSA) is 56.6 Å². The molecular weight excluding hydrogens is 482 g/mol. The van der Waals surface area contributed by atoms with Gasteiger partial charge in [-0.2, -0.15) is 5.10 Å². The van der Waals surface area contributed by atoms with Crippen molar-refractivity contribution >= 4 is 33.5 Å². The van der Waals surface area contributed by atoms with Gasteiger partial charge in [0.1, 0.15) is 5.75 Å². The number of allylic oxidation sites excluding steroid dienone is 1. The van der Waals surface area contributed by atoms with Crippen LogP contribution in [0.25, 0.3) is 6.08 Å². The Hall–Kier alpha value is -2.90. The van der Waals surface area contributed by atoms with Gasteiger partial charge < -0.3 is 14.4 Å². The zero-order valence-electron chi connectivity index (χ0n) is 19.2. The highest BCUT2D eigenvalue weighted by Gasteiger charge is 2.13. The number of hydrogen-bond acceptors (Lipinski definition) is 5. The number of benzene rings is 2. The van der Waals surface area contributed by atoms with Crippen molar-refractivity contribution in [2.75, 3.05) is 38.3 Å². The van der Waals surface area contributed by atoms with Gasteiger partial charge in [0.05, 0.1) is 42.7 Å². The smallest absolute Gasteiger partial charge is 0.185 e. The van der Waals surface area contributed by atoms with Gasteiger partial charge in [-0.1, -0.05) is 12.1 Å². The minimum absolute atomic E-state index is 0.0247. The summed E-state index contributed by atoms with van der Waals surface area (Å²) in [7, 11) is 1.66. The van der Waals surface area contributed by atoms with Gasteiger partial charge in [-0.25, -0.2) is 0 Å². The SMILES string of the molecule is COc1ccc(/C=C/C(=O)c2ccc(N3CCOCC3)cc2)cc1Cn1nc(C)c(Br)c1C. The first-order chi connectivity index (χ1) is 16.0. The molecule has 7 heteroatoms. The van der Waals surface area contributed by atoms with Crippen LogP contribution < -0.4 is 9.64 Å². The van der Waals surface area contributed by atoms with Crippen LogP contribution in [0.1, 0.15) is 32.9 Å². The van der Waals surface area contributed by atoms with E-state index in [-0.39, 0.29) is 5.78 Å². The molecule has 4 rings (SSSR count). The second-order valence-corrected chi connectivity index (χ2v) is 8.85. The molecule has 2 aromatic carbocycles. The summed E-state index contributed by atoms with van der Waals surface area (Å²) in [5, 5.41) is 4.60. The summed E-state index contributed by atoms with van der Waals surface area (Å²) >= 11 is 3.58. The number of methoxy groups -OCH3 is 1. The highest BCUT2D eigenvalue weighted by atomic mass is 79.9. The fourth-order valence-electron chi connectivity index (χ4n) is 3.94. The van der Waals surface area contributed by atoms with Crippen molar-refractivity contribution in [1.29, 1.82) is 0 Å². The summed E-state index contributed by atoms with van der Waals surface area (Å²) in [6.07, 6.45) is 3.47. The van der Waals surface area contributed by atoms with E-state index in [4.69, 9.17) is 9.47 Å². The van der Waals surface area contributed by atoms with Crippen molar-refractivity contribution in [3.63, 3.8) is 0 Å². The molecule has 6 nitrogen and oxygen atoms in total. The fourth-order valence-corrected chi connectivity index (χ4v) is 4.23. The average molecular weight is 510 g/mol. The van der Waals surface area contributed by atoms with Gasteiger partial charge in [0.15, 0.2) is 5.78 Å². The molecule has 0 amide bonds. The standard InChI is InChI=1S/C26H28BrN3O3/c1-18-26(27)19(2)30(28-18)17-22-16-20(5-11-25(22)32-3)4-10-24(31)21-6-8-23(9-7-21)29-12-14-33-15-13-29/h4-11,16H,12-15,17H2,1-3H3/b10-4+. The van der Waals surface area contributed by atoms with Crippen LogP contribution in [0.4, 0.5) is 5.69 Å². The Labute approximate surface area is 202 Å². The van der Waals surface area contributed by atoms with Crippen LogP contribution in [0, 0.1) is 13.8 Å². The summed E-state index contributed by atoms with van der Waals surface area (Å²) in [6, 6.07) is 13.7. The summed E-state index contributed by atoms with van der Waals surface area (Å²) in [5.74, 6) is 0.768. The maximum absolute atomic E-state index is 12.7. The van der Waals surface area contributed by atoms with Crippen molar-refractivity contribution in [2.45, 2.75) is 20.4 Å². The van der Waals surface area contributed by atoms with Gasteiger partial charge in [0.2, 0.25) is 0 Å². The molecule has 0 N–H and O–H groups in total. The molecule has 2 heterocycles. The lowest BCUT2D eigenvalue weighted by Crippen LogP contribution is -2.36. The molecule has 172 valence electrons. The number of aryl methyl sites for hydroxylation is 1. The highest BCUT2D eigenvalue weighted by molar-refractivity contribution is 9.10. The Morgan fingerprint density at radius 1 is 1.15 bits per heavy atom. The molecule has 0 bridgehead atoms. The molecule has 0 aliphatic carbocycles. The van der Waals surface area contributed by atoms with Crippen LogP contribution in [0.5, 0.6) is 5.75 Å². The van der Waals surface area contributed by atoms with E-state index in [1.54, 1.807) is 13.2 Å². The monoisotopic (exact) mass is 509 g/mol. The van der Waals surface area contributed by atoms with Crippen LogP contribution in [0.2, 0.25) is 0 Å². The van der Waals surface area contributed by atoms with Gasteiger partial charge in [0.25, 0.3) is 0 Å². The van der Waals surface area contributed by atoms with Gasteiger partial charge >= 0.3 is 0 Å². The summed E-state index contributed by atoms with van der Waals surface area (Å²) < 4.78 is 13.9. The van der Waals surface area contributed by atoms with E-state index in [1.807, 2.05) is 67.1 Å². The highest BCUT2D eigenvalue weighted by Crippen LogP contribution is 2.25. The second-order valence-electron chi connectivity index (χ2n) is 8.06. The van der Waals surface area contributed by atoms with Crippen molar-refractivity contribution < 1.29 is 14.3 Å². The molecule has 3 aromatic rings. The normalized spacial score (nSPS) is 14.1. The number of rotatable bonds is 7. The lowest BCUT2D eigenvalue weighted by Gasteiger charge is -2.28. The molecule has 1 aliphatic rings. The molecular formula is C26H28BrN3O3. The van der Waals surface area contributed by atoms with E-state index in [1.165, 1.54) is 0 Å². The van der Waals surface area contributed by atoms with E-state index < -0.39 is 0 Å². The van der Waals surface area contributed by atoms with Crippen molar-refractivity contribution in [3.8, 4) is 5.75 Å². The van der Waals surface area contributed by atoms with Crippen molar-refractivity contribution in [1.82, 2.24) is 9.78 Å². The van der Waals surface area contributed by atoms with E-state index in [0.717, 1.165) is 64.7 Å². The first-order valence-corrected chi connectivity index (χ1v) is 11.8. The van der Waals surface area contributed by atoms with Crippen LogP contribution in [-0.2, 0) is 11.3 Å². The molecule has 0 radical (unpaired) electrons. The first-order valence-electron chi connectivity index (χ1n) is 11.0. The van der Waals surface area contributed by atoms with E-state index in [0.29, 0.717) is 12.1 Å². The summed E-state index contributed by atoms with van der Waals surface area (Å²) in [5.41, 5.74) is 5.74. The Morgan fingerprint density at radius 3 is 2.52 bits per heavy atom. The van der Waals surface area contributed by atoms with E-state index >= 15 is 0 Å². The molecule has 0 spiro atoms. The predicted molar refractivity (Wildman–Crippen MR) is 134 cm³/mol. The third-order valence-electron chi connectivity index (χ3n) is 5.87. The number of hydrogen-bond donors (Lipinski definition) is 0. The zero-order valence-corrected chi connectivity index (χ0v) is 20.8. The number of halogens is 1. The molecule has 0 unspecified atom stereocenters. The van der Waals surface area contributed by atoms with Gasteiger partial charge in [-0.15, -0.1) is 0 Å². The van der Waals surface area contributed by atoms with Crippen molar-refractivity contribution in [2.24, 2.45) is 0 Å². The number of ketones is 1. The van der Waals surface area contributed by atoms with Gasteiger partial charge in [-0.05, 0) is 77.8 Å². The molecule has 1 saturated heterocycles. The van der Waals surface area contributed by atoms with Crippen LogP contribution in [-0.4, -0.2) is 49.0 Å². The molecule has 33 heavy (non-hydrogen) atoms. The maximum atomic E-state index is 12.7. The van der Waals surface area contributed by atoms with Gasteiger partial charge in [0, 0.05) is 29.9 Å². The fraction of sp³-hybridized carbons (Fsp3) is 0.308. The van der Waals surface area contributed by atoms with E-state index in [9.17, 15) is 4.79 Å². The number of carbonyl (C=O) groups excluding carboxylic acids is 1. The van der Waals surface area contributed by atoms with Crippen LogP contribution >= 0.6 is 15.9 Å². The number of aromatic nitrogens is 2.